The molecule has 0 aliphatic heterocycles. The van der Waals surface area contributed by atoms with E-state index in [2.05, 4.69) is 96.4 Å². The van der Waals surface area contributed by atoms with E-state index in [0.29, 0.717) is 0 Å². The fourth-order valence-corrected chi connectivity index (χ4v) is 3.52. The molecule has 2 nitrogen and oxygen atoms in total. The average molecular weight is 322 g/mol. The van der Waals surface area contributed by atoms with Crippen molar-refractivity contribution in [1.29, 1.82) is 0 Å². The summed E-state index contributed by atoms with van der Waals surface area (Å²) in [5.41, 5.74) is 9.25. The topological polar surface area (TPSA) is 24.7 Å². The van der Waals surface area contributed by atoms with Crippen molar-refractivity contribution in [3.63, 3.8) is 0 Å². The Morgan fingerprint density at radius 1 is 0.640 bits per heavy atom. The first-order valence-corrected chi connectivity index (χ1v) is 8.29. The second-order valence-electron chi connectivity index (χ2n) is 6.04. The molecule has 25 heavy (non-hydrogen) atoms. The van der Waals surface area contributed by atoms with E-state index in [1.54, 1.807) is 0 Å². The molecule has 0 unspecified atom stereocenters. The van der Waals surface area contributed by atoms with E-state index in [4.69, 9.17) is 0 Å². The Balaban J connectivity index is 2.18. The first-order valence-electron chi connectivity index (χ1n) is 8.29. The maximum Gasteiger partial charge on any atom is 0.115 e. The van der Waals surface area contributed by atoms with Gasteiger partial charge in [-0.3, -0.25) is 4.99 Å². The van der Waals surface area contributed by atoms with E-state index >= 15 is 0 Å². The van der Waals surface area contributed by atoms with Gasteiger partial charge in [-0.25, -0.2) is 4.99 Å². The molecule has 0 radical (unpaired) electrons. The van der Waals surface area contributed by atoms with Gasteiger partial charge < -0.3 is 0 Å². The number of hydrogen-bond acceptors (Lipinski definition) is 1. The van der Waals surface area contributed by atoms with Crippen LogP contribution in [0.5, 0.6) is 0 Å². The maximum absolute atomic E-state index is 4.62. The molecule has 120 valence electrons. The fraction of sp³-hybridized carbons (Fsp3) is 0.0435. The highest BCUT2D eigenvalue weighted by molar-refractivity contribution is 6.04. The molecule has 3 aromatic rings. The highest BCUT2D eigenvalue weighted by atomic mass is 14.9. The molecule has 1 aliphatic carbocycles. The fourth-order valence-electron chi connectivity index (χ4n) is 3.52. The number of benzene rings is 3. The monoisotopic (exact) mass is 322 g/mol. The second kappa shape index (κ2) is 6.33. The Bertz CT molecular complexity index is 1030. The van der Waals surface area contributed by atoms with Crippen LogP contribution in [0.3, 0.4) is 0 Å². The number of hydrogen-bond donors (Lipinski definition) is 0. The Morgan fingerprint density at radius 3 is 1.56 bits per heavy atom. The molecule has 4 rings (SSSR count). The van der Waals surface area contributed by atoms with Crippen molar-refractivity contribution in [2.45, 2.75) is 6.92 Å². The normalized spacial score (nSPS) is 15.7. The number of aliphatic imine (C=N–C) groups is 2. The summed E-state index contributed by atoms with van der Waals surface area (Å²) in [7, 11) is 0. The van der Waals surface area contributed by atoms with Crippen molar-refractivity contribution in [2.24, 2.45) is 9.98 Å². The Kier molecular flexibility index (Phi) is 3.87. The first-order chi connectivity index (χ1) is 12.3. The summed E-state index contributed by atoms with van der Waals surface area (Å²) < 4.78 is 0. The minimum atomic E-state index is 0.935. The van der Waals surface area contributed by atoms with Crippen LogP contribution >= 0.6 is 0 Å². The molecule has 2 heteroatoms. The van der Waals surface area contributed by atoms with Crippen LogP contribution in [-0.4, -0.2) is 13.1 Å². The van der Waals surface area contributed by atoms with Crippen LogP contribution < -0.4 is 0 Å². The van der Waals surface area contributed by atoms with Gasteiger partial charge in [0, 0.05) is 5.56 Å². The van der Waals surface area contributed by atoms with E-state index < -0.39 is 0 Å². The summed E-state index contributed by atoms with van der Waals surface area (Å²) in [4.78, 5) is 8.44. The zero-order chi connectivity index (χ0) is 17.2. The molecule has 0 fully saturated rings. The van der Waals surface area contributed by atoms with Crippen molar-refractivity contribution in [1.82, 2.24) is 0 Å². The van der Waals surface area contributed by atoms with Crippen LogP contribution in [0.2, 0.25) is 0 Å². The third kappa shape index (κ3) is 2.52. The quantitative estimate of drug-likeness (QED) is 0.411. The molecular formula is C23H18N2. The van der Waals surface area contributed by atoms with Crippen molar-refractivity contribution in [3.8, 4) is 22.3 Å². The number of nitrogens with zero attached hydrogens (tertiary/aromatic N) is 2. The van der Waals surface area contributed by atoms with Gasteiger partial charge in [0.25, 0.3) is 0 Å². The summed E-state index contributed by atoms with van der Waals surface area (Å²) >= 11 is 0. The molecule has 0 saturated heterocycles. The van der Waals surface area contributed by atoms with Gasteiger partial charge in [0.05, 0.1) is 5.70 Å². The zero-order valence-electron chi connectivity index (χ0n) is 14.1. The van der Waals surface area contributed by atoms with Gasteiger partial charge in [-0.05, 0) is 47.0 Å². The average Bonchev–Trinajstić information content (AvgIpc) is 2.68. The van der Waals surface area contributed by atoms with Gasteiger partial charge in [-0.15, -0.1) is 0 Å². The predicted octanol–water partition coefficient (Wildman–Crippen LogP) is 5.95. The largest absolute Gasteiger partial charge is 0.253 e. The van der Waals surface area contributed by atoms with Gasteiger partial charge in [-0.2, -0.15) is 0 Å². The van der Waals surface area contributed by atoms with E-state index in [9.17, 15) is 0 Å². The van der Waals surface area contributed by atoms with Crippen LogP contribution in [-0.2, 0) is 0 Å². The molecule has 0 saturated carbocycles. The zero-order valence-corrected chi connectivity index (χ0v) is 14.1. The standard InChI is InChI=1S/C23H18N2/c1-16-17-9-3-4-10-18(17)19-11-5-6-12-20(19)21-13-7-8-14-22(21)23(16)25-15-24-2/h3-15H,2H2,1H3/b17-16?,19-18?,21-20?,23-16+,23-22?,25-15?. The van der Waals surface area contributed by atoms with E-state index in [1.165, 1.54) is 34.2 Å². The smallest absolute Gasteiger partial charge is 0.115 e. The summed E-state index contributed by atoms with van der Waals surface area (Å²) in [6, 6.07) is 25.5. The van der Waals surface area contributed by atoms with Gasteiger partial charge in [-0.1, -0.05) is 72.8 Å². The van der Waals surface area contributed by atoms with Crippen molar-refractivity contribution in [2.75, 3.05) is 0 Å². The summed E-state index contributed by atoms with van der Waals surface area (Å²) in [5, 5.41) is 0. The predicted molar refractivity (Wildman–Crippen MR) is 108 cm³/mol. The van der Waals surface area contributed by atoms with Crippen LogP contribution in [0.25, 0.3) is 33.5 Å². The van der Waals surface area contributed by atoms with Crippen LogP contribution in [0.1, 0.15) is 18.1 Å². The second-order valence-corrected chi connectivity index (χ2v) is 6.04. The molecule has 3 aromatic carbocycles. The van der Waals surface area contributed by atoms with Crippen molar-refractivity contribution in [3.05, 3.63) is 83.9 Å². The molecule has 0 atom stereocenters. The molecule has 0 aromatic heterocycles. The van der Waals surface area contributed by atoms with E-state index in [-0.39, 0.29) is 0 Å². The summed E-state index contributed by atoms with van der Waals surface area (Å²) in [5.74, 6) is 0. The number of fused-ring (bicyclic) bond motifs is 5. The van der Waals surface area contributed by atoms with Gasteiger partial charge in [0.15, 0.2) is 0 Å². The minimum Gasteiger partial charge on any atom is -0.253 e. The minimum absolute atomic E-state index is 0.935. The lowest BCUT2D eigenvalue weighted by Crippen LogP contribution is -1.99. The van der Waals surface area contributed by atoms with Crippen molar-refractivity contribution < 1.29 is 0 Å². The van der Waals surface area contributed by atoms with Gasteiger partial charge >= 0.3 is 0 Å². The molecule has 0 spiro atoms. The highest BCUT2D eigenvalue weighted by Gasteiger charge is 2.20. The first kappa shape index (κ1) is 15.3. The van der Waals surface area contributed by atoms with Gasteiger partial charge in [0.1, 0.15) is 6.34 Å². The van der Waals surface area contributed by atoms with Gasteiger partial charge in [0.2, 0.25) is 0 Å². The molecular weight excluding hydrogens is 304 g/mol. The lowest BCUT2D eigenvalue weighted by Gasteiger charge is -2.22. The third-order valence-corrected chi connectivity index (χ3v) is 4.64. The molecule has 0 bridgehead atoms. The Hall–Kier alpha value is -3.26. The molecule has 0 N–H and O–H groups in total. The molecule has 1 aliphatic rings. The maximum atomic E-state index is 4.62. The third-order valence-electron chi connectivity index (χ3n) is 4.64. The SMILES string of the molecule is C=NC=N/C1=C(\C)c2ccccc2-c2ccccc2-c2ccccc21. The Labute approximate surface area is 147 Å². The summed E-state index contributed by atoms with van der Waals surface area (Å²) in [6.45, 7) is 5.65. The highest BCUT2D eigenvalue weighted by Crippen LogP contribution is 2.44. The molecule has 0 amide bonds. The number of allylic oxidation sites excluding steroid dienone is 1. The van der Waals surface area contributed by atoms with E-state index in [0.717, 1.165) is 16.8 Å². The van der Waals surface area contributed by atoms with E-state index in [1.807, 2.05) is 0 Å². The summed E-state index contributed by atoms with van der Waals surface area (Å²) in [6.07, 6.45) is 1.52. The van der Waals surface area contributed by atoms with Crippen molar-refractivity contribution >= 4 is 24.3 Å². The lowest BCUT2D eigenvalue weighted by molar-refractivity contribution is 1.43. The van der Waals surface area contributed by atoms with Crippen LogP contribution in [0, 0.1) is 0 Å². The van der Waals surface area contributed by atoms with Crippen LogP contribution in [0.4, 0.5) is 0 Å². The Morgan fingerprint density at radius 2 is 1.04 bits per heavy atom. The van der Waals surface area contributed by atoms with Crippen LogP contribution in [0.15, 0.2) is 82.8 Å². The molecule has 0 heterocycles. The lowest BCUT2D eigenvalue weighted by atomic mass is 9.83. The number of rotatable bonds is 2.